The number of alkyl carbamates (subject to hydrolysis) is 1. The van der Waals surface area contributed by atoms with Crippen LogP contribution in [0.15, 0.2) is 48.5 Å². The number of carbonyl (C=O) groups is 3. The SMILES string of the molecule is CCC(C(=O)O)N(C)C(=O)CCCNC(=O)OCC1c2ccccc2-c2ccccc21. The molecule has 0 aromatic heterocycles. The predicted octanol–water partition coefficient (Wildman–Crippen LogP) is 3.63. The summed E-state index contributed by atoms with van der Waals surface area (Å²) < 4.78 is 5.46. The molecule has 2 N–H and O–H groups in total. The number of aliphatic carboxylic acids is 1. The van der Waals surface area contributed by atoms with E-state index < -0.39 is 18.1 Å². The van der Waals surface area contributed by atoms with Crippen molar-refractivity contribution in [1.29, 1.82) is 0 Å². The van der Waals surface area contributed by atoms with Gasteiger partial charge in [0.15, 0.2) is 0 Å². The summed E-state index contributed by atoms with van der Waals surface area (Å²) in [6.45, 7) is 2.24. The van der Waals surface area contributed by atoms with Gasteiger partial charge in [-0.05, 0) is 35.1 Å². The van der Waals surface area contributed by atoms with Gasteiger partial charge in [0, 0.05) is 25.9 Å². The summed E-state index contributed by atoms with van der Waals surface area (Å²) in [6, 6.07) is 15.4. The summed E-state index contributed by atoms with van der Waals surface area (Å²) in [6.07, 6.45) is 0.378. The first-order valence-electron chi connectivity index (χ1n) is 10.5. The highest BCUT2D eigenvalue weighted by Crippen LogP contribution is 2.44. The molecule has 2 aromatic carbocycles. The maximum Gasteiger partial charge on any atom is 0.407 e. The maximum absolute atomic E-state index is 12.1. The summed E-state index contributed by atoms with van der Waals surface area (Å²) in [7, 11) is 1.49. The van der Waals surface area contributed by atoms with Gasteiger partial charge in [-0.1, -0.05) is 55.5 Å². The molecule has 0 aliphatic heterocycles. The molecule has 1 aliphatic rings. The number of rotatable bonds is 9. The summed E-state index contributed by atoms with van der Waals surface area (Å²) in [5.74, 6) is -1.28. The van der Waals surface area contributed by atoms with Crippen molar-refractivity contribution in [2.24, 2.45) is 0 Å². The standard InChI is InChI=1S/C24H28N2O5/c1-3-21(23(28)29)26(2)22(27)13-8-14-25-24(30)31-15-20-18-11-6-4-9-16(18)17-10-5-7-12-19(17)20/h4-7,9-12,20-21H,3,8,13-15H2,1-2H3,(H,25,30)(H,28,29). The second-order valence-corrected chi connectivity index (χ2v) is 7.62. The monoisotopic (exact) mass is 424 g/mol. The number of nitrogens with zero attached hydrogens (tertiary/aromatic N) is 1. The van der Waals surface area contributed by atoms with E-state index in [1.54, 1.807) is 6.92 Å². The van der Waals surface area contributed by atoms with Gasteiger partial charge in [-0.25, -0.2) is 9.59 Å². The number of carbonyl (C=O) groups excluding carboxylic acids is 2. The van der Waals surface area contributed by atoms with Crippen molar-refractivity contribution in [2.45, 2.75) is 38.1 Å². The van der Waals surface area contributed by atoms with Crippen LogP contribution in [-0.2, 0) is 14.3 Å². The molecular weight excluding hydrogens is 396 g/mol. The molecule has 0 heterocycles. The first kappa shape index (κ1) is 22.3. The van der Waals surface area contributed by atoms with Crippen LogP contribution in [0.1, 0.15) is 43.2 Å². The van der Waals surface area contributed by atoms with Crippen LogP contribution in [0.3, 0.4) is 0 Å². The molecule has 7 nitrogen and oxygen atoms in total. The lowest BCUT2D eigenvalue weighted by Crippen LogP contribution is -2.42. The van der Waals surface area contributed by atoms with Gasteiger partial charge in [0.1, 0.15) is 12.6 Å². The van der Waals surface area contributed by atoms with Gasteiger partial charge in [-0.15, -0.1) is 0 Å². The Morgan fingerprint density at radius 3 is 2.19 bits per heavy atom. The Labute approximate surface area is 182 Å². The number of nitrogens with one attached hydrogen (secondary N) is 1. The number of fused-ring (bicyclic) bond motifs is 3. The lowest BCUT2D eigenvalue weighted by Gasteiger charge is -2.23. The van der Waals surface area contributed by atoms with Crippen LogP contribution in [0.4, 0.5) is 4.79 Å². The van der Waals surface area contributed by atoms with Gasteiger partial charge in [0.05, 0.1) is 0 Å². The van der Waals surface area contributed by atoms with Crippen LogP contribution in [0.25, 0.3) is 11.1 Å². The molecule has 2 amide bonds. The summed E-state index contributed by atoms with van der Waals surface area (Å²) in [4.78, 5) is 36.7. The van der Waals surface area contributed by atoms with Crippen LogP contribution >= 0.6 is 0 Å². The Hall–Kier alpha value is -3.35. The lowest BCUT2D eigenvalue weighted by atomic mass is 9.98. The van der Waals surface area contributed by atoms with E-state index in [0.29, 0.717) is 12.8 Å². The number of hydrogen-bond donors (Lipinski definition) is 2. The van der Waals surface area contributed by atoms with E-state index >= 15 is 0 Å². The van der Waals surface area contributed by atoms with Crippen LogP contribution < -0.4 is 5.32 Å². The van der Waals surface area contributed by atoms with E-state index in [4.69, 9.17) is 9.84 Å². The molecule has 1 unspecified atom stereocenters. The Balaban J connectivity index is 1.45. The van der Waals surface area contributed by atoms with E-state index in [1.165, 1.54) is 23.1 Å². The smallest absolute Gasteiger partial charge is 0.407 e. The van der Waals surface area contributed by atoms with Gasteiger partial charge < -0.3 is 20.1 Å². The molecule has 0 radical (unpaired) electrons. The number of amides is 2. The van der Waals surface area contributed by atoms with Crippen molar-refractivity contribution < 1.29 is 24.2 Å². The highest BCUT2D eigenvalue weighted by atomic mass is 16.5. The number of hydrogen-bond acceptors (Lipinski definition) is 4. The summed E-state index contributed by atoms with van der Waals surface area (Å²) in [5.41, 5.74) is 4.63. The minimum absolute atomic E-state index is 0.00428. The van der Waals surface area contributed by atoms with Gasteiger partial charge in [-0.2, -0.15) is 0 Å². The fraction of sp³-hybridized carbons (Fsp3) is 0.375. The van der Waals surface area contributed by atoms with E-state index in [-0.39, 0.29) is 31.4 Å². The Morgan fingerprint density at radius 1 is 1.06 bits per heavy atom. The molecule has 164 valence electrons. The third kappa shape index (κ3) is 5.05. The third-order valence-electron chi connectivity index (χ3n) is 5.71. The normalized spacial score (nSPS) is 13.1. The molecule has 2 aromatic rings. The average molecular weight is 424 g/mol. The number of carboxylic acids is 1. The average Bonchev–Trinajstić information content (AvgIpc) is 3.09. The molecule has 0 saturated carbocycles. The molecule has 0 bridgehead atoms. The van der Waals surface area contributed by atoms with Crippen molar-refractivity contribution in [3.8, 4) is 11.1 Å². The Morgan fingerprint density at radius 2 is 1.65 bits per heavy atom. The molecule has 1 aliphatic carbocycles. The largest absolute Gasteiger partial charge is 0.480 e. The zero-order valence-electron chi connectivity index (χ0n) is 17.8. The number of benzene rings is 2. The molecule has 7 heteroatoms. The first-order valence-corrected chi connectivity index (χ1v) is 10.5. The van der Waals surface area contributed by atoms with Crippen LogP contribution in [0.2, 0.25) is 0 Å². The third-order valence-corrected chi connectivity index (χ3v) is 5.71. The first-order chi connectivity index (χ1) is 14.9. The highest BCUT2D eigenvalue weighted by molar-refractivity contribution is 5.83. The Bertz CT molecular complexity index is 913. The lowest BCUT2D eigenvalue weighted by molar-refractivity contribution is -0.149. The fourth-order valence-electron chi connectivity index (χ4n) is 4.04. The van der Waals surface area contributed by atoms with Crippen molar-refractivity contribution in [2.75, 3.05) is 20.2 Å². The minimum Gasteiger partial charge on any atom is -0.480 e. The zero-order chi connectivity index (χ0) is 22.4. The van der Waals surface area contributed by atoms with E-state index in [2.05, 4.69) is 29.6 Å². The zero-order valence-corrected chi connectivity index (χ0v) is 17.8. The number of carboxylic acid groups (broad SMARTS) is 1. The summed E-state index contributed by atoms with van der Waals surface area (Å²) in [5, 5.41) is 11.8. The minimum atomic E-state index is -1.02. The predicted molar refractivity (Wildman–Crippen MR) is 117 cm³/mol. The number of ether oxygens (including phenoxy) is 1. The Kier molecular flexibility index (Phi) is 7.28. The molecule has 31 heavy (non-hydrogen) atoms. The molecule has 0 saturated heterocycles. The molecule has 1 atom stereocenters. The van der Waals surface area contributed by atoms with Gasteiger partial charge in [-0.3, -0.25) is 4.79 Å². The van der Waals surface area contributed by atoms with Crippen molar-refractivity contribution in [3.05, 3.63) is 59.7 Å². The van der Waals surface area contributed by atoms with E-state index in [0.717, 1.165) is 11.1 Å². The second-order valence-electron chi connectivity index (χ2n) is 7.62. The van der Waals surface area contributed by atoms with Crippen LogP contribution in [0, 0.1) is 0 Å². The van der Waals surface area contributed by atoms with Gasteiger partial charge in [0.2, 0.25) is 5.91 Å². The molecule has 0 spiro atoms. The topological polar surface area (TPSA) is 95.9 Å². The maximum atomic E-state index is 12.1. The van der Waals surface area contributed by atoms with E-state index in [1.807, 2.05) is 24.3 Å². The van der Waals surface area contributed by atoms with Gasteiger partial charge >= 0.3 is 12.1 Å². The second kappa shape index (κ2) is 10.1. The highest BCUT2D eigenvalue weighted by Gasteiger charge is 2.29. The summed E-state index contributed by atoms with van der Waals surface area (Å²) >= 11 is 0. The fourth-order valence-corrected chi connectivity index (χ4v) is 4.04. The molecular formula is C24H28N2O5. The number of likely N-dealkylation sites (N-methyl/N-ethyl adjacent to an activating group) is 1. The quantitative estimate of drug-likeness (QED) is 0.600. The van der Waals surface area contributed by atoms with Gasteiger partial charge in [0.25, 0.3) is 0 Å². The van der Waals surface area contributed by atoms with Crippen molar-refractivity contribution in [3.63, 3.8) is 0 Å². The molecule has 3 rings (SSSR count). The van der Waals surface area contributed by atoms with E-state index in [9.17, 15) is 14.4 Å². The van der Waals surface area contributed by atoms with Crippen LogP contribution in [-0.4, -0.2) is 54.2 Å². The van der Waals surface area contributed by atoms with Crippen molar-refractivity contribution >= 4 is 18.0 Å². The van der Waals surface area contributed by atoms with Crippen LogP contribution in [0.5, 0.6) is 0 Å². The van der Waals surface area contributed by atoms with Crippen molar-refractivity contribution in [1.82, 2.24) is 10.2 Å². The molecule has 0 fully saturated rings.